The summed E-state index contributed by atoms with van der Waals surface area (Å²) in [4.78, 5) is 15.6. The van der Waals surface area contributed by atoms with Crippen molar-refractivity contribution in [3.8, 4) is 10.6 Å². The fourth-order valence-corrected chi connectivity index (χ4v) is 2.86. The second-order valence-electron chi connectivity index (χ2n) is 3.15. The summed E-state index contributed by atoms with van der Waals surface area (Å²) < 4.78 is 13.7. The minimum absolute atomic E-state index is 0.107. The van der Waals surface area contributed by atoms with Crippen LogP contribution in [0.1, 0.15) is 9.67 Å². The fraction of sp³-hybridized carbons (Fsp3) is 0.0909. The van der Waals surface area contributed by atoms with E-state index < -0.39 is 5.97 Å². The van der Waals surface area contributed by atoms with Crippen LogP contribution in [-0.4, -0.2) is 22.3 Å². The largest absolute Gasteiger partial charge is 0.477 e. The topological polar surface area (TPSA) is 50.2 Å². The van der Waals surface area contributed by atoms with Gasteiger partial charge in [-0.3, -0.25) is 0 Å². The number of halogens is 1. The van der Waals surface area contributed by atoms with Gasteiger partial charge < -0.3 is 5.11 Å². The van der Waals surface area contributed by atoms with Crippen LogP contribution in [-0.2, 0) is 0 Å². The van der Waals surface area contributed by atoms with E-state index in [1.165, 1.54) is 24.0 Å². The van der Waals surface area contributed by atoms with Crippen LogP contribution < -0.4 is 0 Å². The van der Waals surface area contributed by atoms with Crippen LogP contribution in [0.5, 0.6) is 0 Å². The zero-order valence-corrected chi connectivity index (χ0v) is 10.4. The van der Waals surface area contributed by atoms with Gasteiger partial charge in [0, 0.05) is 4.90 Å². The summed E-state index contributed by atoms with van der Waals surface area (Å²) in [6.07, 6.45) is 3.09. The summed E-state index contributed by atoms with van der Waals surface area (Å²) >= 11 is 2.38. The van der Waals surface area contributed by atoms with E-state index in [0.29, 0.717) is 10.6 Å². The number of aromatic nitrogens is 1. The maximum atomic E-state index is 13.7. The number of nitrogens with zero attached hydrogens (tertiary/aromatic N) is 1. The van der Waals surface area contributed by atoms with E-state index in [2.05, 4.69) is 4.98 Å². The van der Waals surface area contributed by atoms with Crippen LogP contribution in [0.25, 0.3) is 10.6 Å². The molecule has 0 aliphatic rings. The van der Waals surface area contributed by atoms with Gasteiger partial charge in [-0.2, -0.15) is 0 Å². The third kappa shape index (κ3) is 2.32. The first kappa shape index (κ1) is 12.1. The summed E-state index contributed by atoms with van der Waals surface area (Å²) in [5.74, 6) is -1.43. The highest BCUT2D eigenvalue weighted by atomic mass is 32.2. The molecule has 0 bridgehead atoms. The van der Waals surface area contributed by atoms with Crippen molar-refractivity contribution in [2.24, 2.45) is 0 Å². The van der Waals surface area contributed by atoms with Crippen molar-refractivity contribution >= 4 is 29.1 Å². The van der Waals surface area contributed by atoms with Crippen molar-refractivity contribution in [3.05, 3.63) is 35.1 Å². The number of thiazole rings is 1. The Morgan fingerprint density at radius 1 is 1.53 bits per heavy atom. The zero-order chi connectivity index (χ0) is 12.4. The first-order chi connectivity index (χ1) is 8.13. The third-order valence-corrected chi connectivity index (χ3v) is 3.91. The number of benzene rings is 1. The summed E-state index contributed by atoms with van der Waals surface area (Å²) in [5.41, 5.74) is 0.373. The molecule has 6 heteroatoms. The van der Waals surface area contributed by atoms with E-state index in [9.17, 15) is 9.18 Å². The first-order valence-corrected chi connectivity index (χ1v) is 6.69. The minimum Gasteiger partial charge on any atom is -0.477 e. The normalized spacial score (nSPS) is 10.5. The Bertz CT molecular complexity index is 568. The maximum Gasteiger partial charge on any atom is 0.347 e. The summed E-state index contributed by atoms with van der Waals surface area (Å²) in [5, 5.41) is 9.21. The molecule has 0 radical (unpaired) electrons. The van der Waals surface area contributed by atoms with E-state index in [-0.39, 0.29) is 10.7 Å². The smallest absolute Gasteiger partial charge is 0.347 e. The van der Waals surface area contributed by atoms with Gasteiger partial charge in [0.15, 0.2) is 0 Å². The van der Waals surface area contributed by atoms with Crippen molar-refractivity contribution in [2.45, 2.75) is 4.90 Å². The van der Waals surface area contributed by atoms with E-state index in [1.54, 1.807) is 12.1 Å². The van der Waals surface area contributed by atoms with Gasteiger partial charge in [-0.25, -0.2) is 14.2 Å². The number of carbonyl (C=O) groups is 1. The van der Waals surface area contributed by atoms with Gasteiger partial charge in [-0.05, 0) is 18.4 Å². The molecule has 1 heterocycles. The molecule has 0 spiro atoms. The van der Waals surface area contributed by atoms with Crippen LogP contribution in [0.4, 0.5) is 4.39 Å². The zero-order valence-electron chi connectivity index (χ0n) is 8.81. The molecule has 88 valence electrons. The molecular weight excluding hydrogens is 261 g/mol. The quantitative estimate of drug-likeness (QED) is 0.868. The third-order valence-electron chi connectivity index (χ3n) is 2.13. The molecule has 0 aliphatic carbocycles. The Hall–Kier alpha value is -1.40. The average Bonchev–Trinajstić information content (AvgIpc) is 2.77. The highest BCUT2D eigenvalue weighted by molar-refractivity contribution is 7.98. The molecule has 1 aromatic carbocycles. The maximum absolute atomic E-state index is 13.7. The Labute approximate surface area is 105 Å². The van der Waals surface area contributed by atoms with Crippen molar-refractivity contribution in [1.82, 2.24) is 4.98 Å². The molecule has 2 rings (SSSR count). The average molecular weight is 269 g/mol. The second kappa shape index (κ2) is 4.85. The van der Waals surface area contributed by atoms with E-state index in [4.69, 9.17) is 5.11 Å². The Morgan fingerprint density at radius 2 is 2.29 bits per heavy atom. The van der Waals surface area contributed by atoms with Crippen LogP contribution in [0.15, 0.2) is 29.3 Å². The highest BCUT2D eigenvalue weighted by Gasteiger charge is 2.16. The number of carboxylic acids is 1. The number of rotatable bonds is 3. The van der Waals surface area contributed by atoms with Gasteiger partial charge in [-0.1, -0.05) is 6.07 Å². The molecular formula is C11H8FNO2S2. The lowest BCUT2D eigenvalue weighted by molar-refractivity contribution is 0.0702. The Morgan fingerprint density at radius 3 is 2.88 bits per heavy atom. The van der Waals surface area contributed by atoms with E-state index in [1.807, 2.05) is 6.26 Å². The monoisotopic (exact) mass is 269 g/mol. The molecule has 2 aromatic rings. The summed E-state index contributed by atoms with van der Waals surface area (Å²) in [7, 11) is 0. The summed E-state index contributed by atoms with van der Waals surface area (Å²) in [6.45, 7) is 0. The van der Waals surface area contributed by atoms with Crippen LogP contribution in [0, 0.1) is 5.82 Å². The lowest BCUT2D eigenvalue weighted by atomic mass is 10.2. The molecule has 0 aliphatic heterocycles. The Balaban J connectivity index is 2.55. The molecule has 1 N–H and O–H groups in total. The van der Waals surface area contributed by atoms with Crippen molar-refractivity contribution in [3.63, 3.8) is 0 Å². The van der Waals surface area contributed by atoms with E-state index in [0.717, 1.165) is 16.2 Å². The molecule has 0 fully saturated rings. The van der Waals surface area contributed by atoms with Crippen LogP contribution in [0.2, 0.25) is 0 Å². The predicted octanol–water partition coefficient (Wildman–Crippen LogP) is 3.37. The van der Waals surface area contributed by atoms with Gasteiger partial charge in [-0.15, -0.1) is 23.1 Å². The van der Waals surface area contributed by atoms with Gasteiger partial charge in [0.25, 0.3) is 0 Å². The molecule has 0 amide bonds. The van der Waals surface area contributed by atoms with Crippen molar-refractivity contribution < 1.29 is 14.3 Å². The molecule has 3 nitrogen and oxygen atoms in total. The molecule has 17 heavy (non-hydrogen) atoms. The Kier molecular flexibility index (Phi) is 3.44. The first-order valence-electron chi connectivity index (χ1n) is 4.65. The SMILES string of the molecule is CSc1cccc(F)c1-c1ncc(C(=O)O)s1. The van der Waals surface area contributed by atoms with Gasteiger partial charge >= 0.3 is 5.97 Å². The molecule has 0 atom stereocenters. The lowest BCUT2D eigenvalue weighted by Gasteiger charge is -2.04. The molecule has 0 saturated heterocycles. The fourth-order valence-electron chi connectivity index (χ4n) is 1.37. The second-order valence-corrected chi connectivity index (χ2v) is 5.03. The minimum atomic E-state index is -1.05. The van der Waals surface area contributed by atoms with Crippen molar-refractivity contribution in [2.75, 3.05) is 6.26 Å². The number of thioether (sulfide) groups is 1. The van der Waals surface area contributed by atoms with Crippen molar-refractivity contribution in [1.29, 1.82) is 0 Å². The molecule has 0 unspecified atom stereocenters. The van der Waals surface area contributed by atoms with Crippen LogP contribution >= 0.6 is 23.1 Å². The van der Waals surface area contributed by atoms with E-state index >= 15 is 0 Å². The van der Waals surface area contributed by atoms with Gasteiger partial charge in [0.1, 0.15) is 15.7 Å². The number of hydrogen-bond acceptors (Lipinski definition) is 4. The molecule has 0 saturated carbocycles. The predicted molar refractivity (Wildman–Crippen MR) is 66.2 cm³/mol. The lowest BCUT2D eigenvalue weighted by Crippen LogP contribution is -1.89. The van der Waals surface area contributed by atoms with Gasteiger partial charge in [0.2, 0.25) is 0 Å². The number of aromatic carboxylic acids is 1. The standard InChI is InChI=1S/C11H8FNO2S2/c1-16-7-4-2-3-6(12)9(7)10-13-5-8(17-10)11(14)15/h2-5H,1H3,(H,14,15). The molecule has 1 aromatic heterocycles. The number of hydrogen-bond donors (Lipinski definition) is 1. The van der Waals surface area contributed by atoms with Gasteiger partial charge in [0.05, 0.1) is 11.8 Å². The summed E-state index contributed by atoms with van der Waals surface area (Å²) in [6, 6.07) is 4.75. The number of carboxylic acid groups (broad SMARTS) is 1. The highest BCUT2D eigenvalue weighted by Crippen LogP contribution is 2.34. The van der Waals surface area contributed by atoms with Crippen LogP contribution in [0.3, 0.4) is 0 Å².